The van der Waals surface area contributed by atoms with Crippen molar-refractivity contribution >= 4 is 0 Å². The van der Waals surface area contributed by atoms with E-state index in [1.165, 1.54) is 43.7 Å². The highest BCUT2D eigenvalue weighted by atomic mass is 16.5. The van der Waals surface area contributed by atoms with Gasteiger partial charge in [-0.25, -0.2) is 0 Å². The molecule has 1 saturated heterocycles. The summed E-state index contributed by atoms with van der Waals surface area (Å²) >= 11 is 0. The molecule has 1 N–H and O–H groups in total. The van der Waals surface area contributed by atoms with Crippen molar-refractivity contribution in [3.05, 3.63) is 29.3 Å². The molecule has 3 rings (SSSR count). The van der Waals surface area contributed by atoms with Crippen LogP contribution in [0.15, 0.2) is 18.2 Å². The quantitative estimate of drug-likeness (QED) is 0.881. The summed E-state index contributed by atoms with van der Waals surface area (Å²) in [6, 6.07) is 6.67. The van der Waals surface area contributed by atoms with Crippen molar-refractivity contribution in [1.29, 1.82) is 0 Å². The predicted octanol–water partition coefficient (Wildman–Crippen LogP) is 1.31. The van der Waals surface area contributed by atoms with Crippen LogP contribution >= 0.6 is 0 Å². The van der Waals surface area contributed by atoms with Crippen molar-refractivity contribution in [1.82, 2.24) is 15.1 Å². The van der Waals surface area contributed by atoms with E-state index in [1.807, 2.05) is 0 Å². The molecule has 4 heteroatoms. The number of nitrogens with zero attached hydrogens (tertiary/aromatic N) is 2. The standard InChI is InChI=1S/C16H25N3O/c1-18-6-2-7-19(9-8-18)13-14-3-4-16-15(11-14)12-17-5-10-20-16/h3-4,11,17H,2,5-10,12-13H2,1H3. The zero-order valence-electron chi connectivity index (χ0n) is 12.4. The number of fused-ring (bicyclic) bond motifs is 1. The van der Waals surface area contributed by atoms with Crippen LogP contribution in [0.3, 0.4) is 0 Å². The second-order valence-corrected chi connectivity index (χ2v) is 5.90. The molecule has 0 aromatic heterocycles. The molecule has 0 bridgehead atoms. The summed E-state index contributed by atoms with van der Waals surface area (Å²) in [5.74, 6) is 1.05. The summed E-state index contributed by atoms with van der Waals surface area (Å²) in [4.78, 5) is 4.99. The van der Waals surface area contributed by atoms with Crippen molar-refractivity contribution in [2.45, 2.75) is 19.5 Å². The first-order chi connectivity index (χ1) is 9.81. The van der Waals surface area contributed by atoms with Gasteiger partial charge in [0.1, 0.15) is 12.4 Å². The second kappa shape index (κ2) is 6.57. The highest BCUT2D eigenvalue weighted by molar-refractivity contribution is 5.37. The molecule has 1 aromatic carbocycles. The maximum absolute atomic E-state index is 5.74. The summed E-state index contributed by atoms with van der Waals surface area (Å²) in [5.41, 5.74) is 2.70. The summed E-state index contributed by atoms with van der Waals surface area (Å²) in [5, 5.41) is 3.40. The van der Waals surface area contributed by atoms with Gasteiger partial charge < -0.3 is 15.0 Å². The monoisotopic (exact) mass is 275 g/mol. The van der Waals surface area contributed by atoms with Gasteiger partial charge in [-0.3, -0.25) is 4.90 Å². The van der Waals surface area contributed by atoms with Gasteiger partial charge in [0, 0.05) is 38.3 Å². The fourth-order valence-corrected chi connectivity index (χ4v) is 2.98. The van der Waals surface area contributed by atoms with Gasteiger partial charge in [0.15, 0.2) is 0 Å². The highest BCUT2D eigenvalue weighted by Crippen LogP contribution is 2.22. The number of rotatable bonds is 2. The fourth-order valence-electron chi connectivity index (χ4n) is 2.98. The van der Waals surface area contributed by atoms with Crippen molar-refractivity contribution in [2.24, 2.45) is 0 Å². The number of nitrogens with one attached hydrogen (secondary N) is 1. The Bertz CT molecular complexity index is 449. The summed E-state index contributed by atoms with van der Waals surface area (Å²) < 4.78 is 5.74. The predicted molar refractivity (Wildman–Crippen MR) is 81.0 cm³/mol. The molecule has 0 amide bonds. The fraction of sp³-hybridized carbons (Fsp3) is 0.625. The van der Waals surface area contributed by atoms with Gasteiger partial charge in [0.2, 0.25) is 0 Å². The number of likely N-dealkylation sites (N-methyl/N-ethyl adjacent to an activating group) is 1. The lowest BCUT2D eigenvalue weighted by molar-refractivity contribution is 0.269. The van der Waals surface area contributed by atoms with E-state index in [0.29, 0.717) is 0 Å². The van der Waals surface area contributed by atoms with Gasteiger partial charge in [0.25, 0.3) is 0 Å². The van der Waals surface area contributed by atoms with Gasteiger partial charge in [0.05, 0.1) is 0 Å². The van der Waals surface area contributed by atoms with E-state index in [1.54, 1.807) is 0 Å². The number of hydrogen-bond acceptors (Lipinski definition) is 4. The molecule has 0 saturated carbocycles. The molecule has 0 radical (unpaired) electrons. The van der Waals surface area contributed by atoms with Gasteiger partial charge in [-0.2, -0.15) is 0 Å². The first-order valence-electron chi connectivity index (χ1n) is 7.67. The molecule has 2 aliphatic rings. The van der Waals surface area contributed by atoms with Crippen LogP contribution in [-0.4, -0.2) is 56.2 Å². The Kier molecular flexibility index (Phi) is 4.55. The summed E-state index contributed by atoms with van der Waals surface area (Å²) in [6.45, 7) is 8.45. The summed E-state index contributed by atoms with van der Waals surface area (Å²) in [7, 11) is 2.22. The van der Waals surface area contributed by atoms with E-state index in [-0.39, 0.29) is 0 Å². The van der Waals surface area contributed by atoms with Gasteiger partial charge in [-0.05, 0) is 44.3 Å². The smallest absolute Gasteiger partial charge is 0.123 e. The minimum absolute atomic E-state index is 0.769. The Balaban J connectivity index is 1.66. The van der Waals surface area contributed by atoms with Crippen LogP contribution in [0.1, 0.15) is 17.5 Å². The van der Waals surface area contributed by atoms with Crippen LogP contribution < -0.4 is 10.1 Å². The lowest BCUT2D eigenvalue weighted by Crippen LogP contribution is -2.28. The van der Waals surface area contributed by atoms with E-state index in [2.05, 4.69) is 40.4 Å². The first-order valence-corrected chi connectivity index (χ1v) is 7.67. The second-order valence-electron chi connectivity index (χ2n) is 5.90. The molecule has 20 heavy (non-hydrogen) atoms. The molecule has 1 fully saturated rings. The van der Waals surface area contributed by atoms with Gasteiger partial charge >= 0.3 is 0 Å². The van der Waals surface area contributed by atoms with Crippen LogP contribution in [-0.2, 0) is 13.1 Å². The number of benzene rings is 1. The van der Waals surface area contributed by atoms with Crippen LogP contribution in [0, 0.1) is 0 Å². The van der Waals surface area contributed by atoms with Crippen LogP contribution in [0.4, 0.5) is 0 Å². The minimum atomic E-state index is 0.769. The third kappa shape index (κ3) is 3.51. The van der Waals surface area contributed by atoms with E-state index < -0.39 is 0 Å². The lowest BCUT2D eigenvalue weighted by Gasteiger charge is -2.20. The molecule has 2 heterocycles. The molecule has 1 aromatic rings. The first kappa shape index (κ1) is 13.9. The third-order valence-corrected chi connectivity index (χ3v) is 4.20. The van der Waals surface area contributed by atoms with E-state index >= 15 is 0 Å². The Morgan fingerprint density at radius 2 is 2.15 bits per heavy atom. The van der Waals surface area contributed by atoms with Gasteiger partial charge in [-0.15, -0.1) is 0 Å². The molecule has 0 aliphatic carbocycles. The number of hydrogen-bond donors (Lipinski definition) is 1. The Morgan fingerprint density at radius 3 is 3.10 bits per heavy atom. The third-order valence-electron chi connectivity index (χ3n) is 4.20. The van der Waals surface area contributed by atoms with Crippen LogP contribution in [0.25, 0.3) is 0 Å². The average Bonchev–Trinajstić information content (AvgIpc) is 2.79. The Morgan fingerprint density at radius 1 is 1.20 bits per heavy atom. The lowest BCUT2D eigenvalue weighted by atomic mass is 10.1. The van der Waals surface area contributed by atoms with Gasteiger partial charge in [-0.1, -0.05) is 6.07 Å². The zero-order valence-corrected chi connectivity index (χ0v) is 12.4. The van der Waals surface area contributed by atoms with Crippen molar-refractivity contribution < 1.29 is 4.74 Å². The average molecular weight is 275 g/mol. The van der Waals surface area contributed by atoms with Crippen molar-refractivity contribution in [2.75, 3.05) is 46.4 Å². The molecule has 0 spiro atoms. The zero-order chi connectivity index (χ0) is 13.8. The minimum Gasteiger partial charge on any atom is -0.492 e. The molecule has 0 atom stereocenters. The van der Waals surface area contributed by atoms with Crippen LogP contribution in [0.2, 0.25) is 0 Å². The molecule has 0 unspecified atom stereocenters. The van der Waals surface area contributed by atoms with E-state index in [0.717, 1.165) is 32.0 Å². The van der Waals surface area contributed by atoms with Crippen LogP contribution in [0.5, 0.6) is 5.75 Å². The Labute approximate surface area is 121 Å². The van der Waals surface area contributed by atoms with E-state index in [9.17, 15) is 0 Å². The topological polar surface area (TPSA) is 27.7 Å². The van der Waals surface area contributed by atoms with Crippen molar-refractivity contribution in [3.8, 4) is 5.75 Å². The maximum atomic E-state index is 5.74. The molecular weight excluding hydrogens is 250 g/mol. The molecular formula is C16H25N3O. The molecule has 110 valence electrons. The Hall–Kier alpha value is -1.10. The molecule has 2 aliphatic heterocycles. The molecule has 4 nitrogen and oxygen atoms in total. The SMILES string of the molecule is CN1CCCN(Cc2ccc3c(c2)CNCCO3)CC1. The summed E-state index contributed by atoms with van der Waals surface area (Å²) in [6.07, 6.45) is 1.27. The highest BCUT2D eigenvalue weighted by Gasteiger charge is 2.14. The maximum Gasteiger partial charge on any atom is 0.123 e. The van der Waals surface area contributed by atoms with E-state index in [4.69, 9.17) is 4.74 Å². The largest absolute Gasteiger partial charge is 0.492 e. The number of ether oxygens (including phenoxy) is 1. The normalized spacial score (nSPS) is 21.6. The van der Waals surface area contributed by atoms with Crippen molar-refractivity contribution in [3.63, 3.8) is 0 Å².